The fraction of sp³-hybridized carbons (Fsp3) is 0.444. The lowest BCUT2D eigenvalue weighted by Gasteiger charge is -2.10. The first-order valence-electron chi connectivity index (χ1n) is 4.57. The highest BCUT2D eigenvalue weighted by Gasteiger charge is 2.16. The maximum Gasteiger partial charge on any atom is 0.490 e. The number of aliphatic hydroxyl groups excluding tert-OH is 1. The van der Waals surface area contributed by atoms with E-state index in [0.29, 0.717) is 17.6 Å². The lowest BCUT2D eigenvalue weighted by molar-refractivity contribution is 0.169. The first-order valence-corrected chi connectivity index (χ1v) is 4.57. The number of hydrogen-bond acceptors (Lipinski definition) is 4. The molecule has 14 heavy (non-hydrogen) atoms. The van der Waals surface area contributed by atoms with Gasteiger partial charge in [0, 0.05) is 11.7 Å². The molecule has 3 N–H and O–H groups in total. The van der Waals surface area contributed by atoms with E-state index in [1.54, 1.807) is 13.0 Å². The van der Waals surface area contributed by atoms with Crippen LogP contribution in [-0.2, 0) is 0 Å². The van der Waals surface area contributed by atoms with Crippen molar-refractivity contribution in [3.05, 3.63) is 23.5 Å². The predicted octanol–water partition coefficient (Wildman–Crippen LogP) is -0.487. The van der Waals surface area contributed by atoms with Crippen LogP contribution in [-0.4, -0.2) is 27.3 Å². The van der Waals surface area contributed by atoms with Crippen LogP contribution in [0.1, 0.15) is 30.7 Å². The summed E-state index contributed by atoms with van der Waals surface area (Å²) in [6.45, 7) is 3.61. The normalized spacial score (nSPS) is 12.6. The van der Waals surface area contributed by atoms with Crippen LogP contribution < -0.4 is 5.46 Å². The Labute approximate surface area is 83.4 Å². The summed E-state index contributed by atoms with van der Waals surface area (Å²) < 4.78 is 0. The lowest BCUT2D eigenvalue weighted by atomic mass is 9.78. The van der Waals surface area contributed by atoms with Crippen molar-refractivity contribution in [3.63, 3.8) is 0 Å². The van der Waals surface area contributed by atoms with Gasteiger partial charge in [-0.25, -0.2) is 0 Å². The molecule has 4 nitrogen and oxygen atoms in total. The van der Waals surface area contributed by atoms with E-state index in [0.717, 1.165) is 5.56 Å². The number of hydrogen-bond donors (Lipinski definition) is 3. The Hall–Kier alpha value is -0.905. The number of aromatic nitrogens is 1. The molecule has 0 radical (unpaired) electrons. The molecular weight excluding hydrogens is 181 g/mol. The zero-order chi connectivity index (χ0) is 10.7. The molecule has 0 aromatic carbocycles. The van der Waals surface area contributed by atoms with Crippen LogP contribution in [0.3, 0.4) is 0 Å². The highest BCUT2D eigenvalue weighted by Crippen LogP contribution is 2.13. The Morgan fingerprint density at radius 2 is 2.14 bits per heavy atom. The molecule has 0 saturated carbocycles. The lowest BCUT2D eigenvalue weighted by Crippen LogP contribution is -2.32. The Bertz CT molecular complexity index is 317. The third-order valence-corrected chi connectivity index (χ3v) is 2.18. The van der Waals surface area contributed by atoms with E-state index in [-0.39, 0.29) is 0 Å². The summed E-state index contributed by atoms with van der Waals surface area (Å²) in [5.74, 6) is 0. The van der Waals surface area contributed by atoms with Gasteiger partial charge in [-0.05, 0) is 25.0 Å². The molecule has 0 spiro atoms. The maximum absolute atomic E-state index is 9.50. The van der Waals surface area contributed by atoms with Crippen molar-refractivity contribution in [1.29, 1.82) is 0 Å². The molecule has 0 aliphatic rings. The third-order valence-electron chi connectivity index (χ3n) is 2.18. The SMILES string of the molecule is CC[C@@H](O)c1cc(C)c(B(O)O)cn1. The molecule has 0 amide bonds. The van der Waals surface area contributed by atoms with Crippen LogP contribution in [0, 0.1) is 6.92 Å². The summed E-state index contributed by atoms with van der Waals surface area (Å²) in [5, 5.41) is 27.4. The van der Waals surface area contributed by atoms with Gasteiger partial charge in [0.05, 0.1) is 11.8 Å². The Morgan fingerprint density at radius 3 is 2.57 bits per heavy atom. The van der Waals surface area contributed by atoms with Crippen molar-refractivity contribution in [3.8, 4) is 0 Å². The summed E-state index contributed by atoms with van der Waals surface area (Å²) in [7, 11) is -1.50. The van der Waals surface area contributed by atoms with Crippen LogP contribution in [0.5, 0.6) is 0 Å². The smallest absolute Gasteiger partial charge is 0.423 e. The minimum atomic E-state index is -1.50. The van der Waals surface area contributed by atoms with Crippen molar-refractivity contribution in [1.82, 2.24) is 4.98 Å². The molecule has 5 heteroatoms. The Balaban J connectivity index is 3.00. The van der Waals surface area contributed by atoms with E-state index in [2.05, 4.69) is 4.98 Å². The highest BCUT2D eigenvalue weighted by molar-refractivity contribution is 6.59. The fourth-order valence-corrected chi connectivity index (χ4v) is 1.25. The molecule has 0 fully saturated rings. The van der Waals surface area contributed by atoms with Crippen LogP contribution in [0.2, 0.25) is 0 Å². The molecule has 1 aromatic heterocycles. The third kappa shape index (κ3) is 2.32. The van der Waals surface area contributed by atoms with Gasteiger partial charge in [0.1, 0.15) is 0 Å². The van der Waals surface area contributed by atoms with Gasteiger partial charge in [-0.3, -0.25) is 4.98 Å². The van der Waals surface area contributed by atoms with Crippen LogP contribution in [0.25, 0.3) is 0 Å². The maximum atomic E-state index is 9.50. The van der Waals surface area contributed by atoms with Crippen molar-refractivity contribution < 1.29 is 15.2 Å². The second-order valence-corrected chi connectivity index (χ2v) is 3.26. The predicted molar refractivity (Wildman–Crippen MR) is 54.1 cm³/mol. The van der Waals surface area contributed by atoms with Crippen LogP contribution in [0.4, 0.5) is 0 Å². The second kappa shape index (κ2) is 4.55. The van der Waals surface area contributed by atoms with E-state index in [9.17, 15) is 5.11 Å². The van der Waals surface area contributed by atoms with Crippen LogP contribution >= 0.6 is 0 Å². The zero-order valence-electron chi connectivity index (χ0n) is 8.31. The topological polar surface area (TPSA) is 73.6 Å². The minimum absolute atomic E-state index is 0.372. The molecule has 0 bridgehead atoms. The quantitative estimate of drug-likeness (QED) is 0.569. The average Bonchev–Trinajstić information content (AvgIpc) is 2.15. The standard InChI is InChI=1S/C9H14BNO3/c1-3-9(12)8-4-6(2)7(5-11-8)10(13)14/h4-5,9,12-14H,3H2,1-2H3/t9-/m1/s1. The second-order valence-electron chi connectivity index (χ2n) is 3.26. The molecule has 0 unspecified atom stereocenters. The van der Waals surface area contributed by atoms with Crippen molar-refractivity contribution >= 4 is 12.6 Å². The summed E-state index contributed by atoms with van der Waals surface area (Å²) in [6.07, 6.45) is 1.39. The molecule has 0 saturated heterocycles. The van der Waals surface area contributed by atoms with Gasteiger partial charge in [-0.15, -0.1) is 0 Å². The Kier molecular flexibility index (Phi) is 3.63. The number of rotatable bonds is 3. The molecule has 0 aliphatic heterocycles. The van der Waals surface area contributed by atoms with Crippen molar-refractivity contribution in [2.24, 2.45) is 0 Å². The molecule has 1 heterocycles. The van der Waals surface area contributed by atoms with Crippen molar-refractivity contribution in [2.45, 2.75) is 26.4 Å². The summed E-state index contributed by atoms with van der Waals surface area (Å²) in [4.78, 5) is 3.96. The summed E-state index contributed by atoms with van der Waals surface area (Å²) in [6, 6.07) is 1.67. The van der Waals surface area contributed by atoms with Gasteiger partial charge < -0.3 is 15.2 Å². The Morgan fingerprint density at radius 1 is 1.50 bits per heavy atom. The molecule has 76 valence electrons. The molecule has 0 aliphatic carbocycles. The van der Waals surface area contributed by atoms with Crippen molar-refractivity contribution in [2.75, 3.05) is 0 Å². The van der Waals surface area contributed by atoms with Crippen LogP contribution in [0.15, 0.2) is 12.3 Å². The molecule has 1 aromatic rings. The van der Waals surface area contributed by atoms with Gasteiger partial charge in [0.25, 0.3) is 0 Å². The molecular formula is C9H14BNO3. The van der Waals surface area contributed by atoms with E-state index in [4.69, 9.17) is 10.0 Å². The number of pyridine rings is 1. The minimum Gasteiger partial charge on any atom is -0.423 e. The van der Waals surface area contributed by atoms with Gasteiger partial charge in [-0.1, -0.05) is 6.92 Å². The van der Waals surface area contributed by atoms with Gasteiger partial charge >= 0.3 is 7.12 Å². The first-order chi connectivity index (χ1) is 6.56. The number of nitrogens with zero attached hydrogens (tertiary/aromatic N) is 1. The average molecular weight is 195 g/mol. The fourth-order valence-electron chi connectivity index (χ4n) is 1.25. The van der Waals surface area contributed by atoms with E-state index >= 15 is 0 Å². The summed E-state index contributed by atoms with van der Waals surface area (Å²) in [5.41, 5.74) is 1.66. The number of aryl methyl sites for hydroxylation is 1. The van der Waals surface area contributed by atoms with E-state index in [1.165, 1.54) is 6.20 Å². The largest absolute Gasteiger partial charge is 0.490 e. The molecule has 1 atom stereocenters. The molecule has 1 rings (SSSR count). The van der Waals surface area contributed by atoms with E-state index < -0.39 is 13.2 Å². The zero-order valence-corrected chi connectivity index (χ0v) is 8.31. The van der Waals surface area contributed by atoms with Gasteiger partial charge in [0.2, 0.25) is 0 Å². The monoisotopic (exact) mass is 195 g/mol. The van der Waals surface area contributed by atoms with E-state index in [1.807, 2.05) is 6.92 Å². The highest BCUT2D eigenvalue weighted by atomic mass is 16.4. The first kappa shape index (κ1) is 11.2. The van der Waals surface area contributed by atoms with Gasteiger partial charge in [0.15, 0.2) is 0 Å². The number of aliphatic hydroxyl groups is 1. The van der Waals surface area contributed by atoms with Gasteiger partial charge in [-0.2, -0.15) is 0 Å². The summed E-state index contributed by atoms with van der Waals surface area (Å²) >= 11 is 0.